The Morgan fingerprint density at radius 1 is 1.45 bits per heavy atom. The number of likely N-dealkylation sites (tertiary alicyclic amines) is 1. The lowest BCUT2D eigenvalue weighted by Gasteiger charge is -2.36. The smallest absolute Gasteiger partial charge is 0.410 e. The molecule has 5 atom stereocenters. The molecule has 1 aliphatic heterocycles. The van der Waals surface area contributed by atoms with Crippen LogP contribution < -0.4 is 5.73 Å². The van der Waals surface area contributed by atoms with Crippen LogP contribution in [-0.2, 0) is 14.3 Å². The Labute approximate surface area is 131 Å². The largest absolute Gasteiger partial charge is 0.461 e. The van der Waals surface area contributed by atoms with Crippen molar-refractivity contribution in [3.8, 4) is 12.3 Å². The van der Waals surface area contributed by atoms with Crippen LogP contribution in [0.3, 0.4) is 0 Å². The van der Waals surface area contributed by atoms with E-state index >= 15 is 0 Å². The van der Waals surface area contributed by atoms with Gasteiger partial charge < -0.3 is 15.2 Å². The molecule has 0 aromatic heterocycles. The second-order valence-corrected chi connectivity index (χ2v) is 5.95. The third kappa shape index (κ3) is 3.05. The molecular formula is C16H24N2O4. The molecule has 0 aromatic carbocycles. The average Bonchev–Trinajstić information content (AvgIpc) is 2.92. The molecule has 1 saturated heterocycles. The maximum atomic E-state index is 12.0. The summed E-state index contributed by atoms with van der Waals surface area (Å²) in [6.07, 6.45) is 8.62. The van der Waals surface area contributed by atoms with E-state index in [1.807, 2.05) is 6.92 Å². The SMILES string of the molecule is C#CC1C[C@H]2[C@@H](OC(=O)C(N)CC)CCC[C@H]2N1C(=O)OC. The number of methoxy groups -OCH3 is 1. The molecule has 2 unspecified atom stereocenters. The molecule has 0 bridgehead atoms. The summed E-state index contributed by atoms with van der Waals surface area (Å²) < 4.78 is 10.5. The number of ether oxygens (including phenoxy) is 2. The molecule has 2 rings (SSSR count). The third-order valence-corrected chi connectivity index (χ3v) is 4.74. The number of terminal acetylenes is 1. The highest BCUT2D eigenvalue weighted by Gasteiger charge is 2.49. The van der Waals surface area contributed by atoms with Gasteiger partial charge in [0.2, 0.25) is 0 Å². The molecule has 2 N–H and O–H groups in total. The number of carbonyl (C=O) groups is 2. The second-order valence-electron chi connectivity index (χ2n) is 5.95. The predicted molar refractivity (Wildman–Crippen MR) is 80.8 cm³/mol. The van der Waals surface area contributed by atoms with E-state index in [1.165, 1.54) is 7.11 Å². The average molecular weight is 308 g/mol. The van der Waals surface area contributed by atoms with Crippen molar-refractivity contribution in [3.63, 3.8) is 0 Å². The number of nitrogens with two attached hydrogens (primary N) is 1. The molecule has 1 saturated carbocycles. The van der Waals surface area contributed by atoms with Crippen LogP contribution in [0.25, 0.3) is 0 Å². The fraction of sp³-hybridized carbons (Fsp3) is 0.750. The molecule has 1 heterocycles. The van der Waals surface area contributed by atoms with Crippen molar-refractivity contribution in [2.75, 3.05) is 7.11 Å². The normalized spacial score (nSPS) is 31.8. The van der Waals surface area contributed by atoms with E-state index in [4.69, 9.17) is 21.6 Å². The summed E-state index contributed by atoms with van der Waals surface area (Å²) in [5.74, 6) is 2.34. The number of hydrogen-bond acceptors (Lipinski definition) is 5. The van der Waals surface area contributed by atoms with Crippen molar-refractivity contribution in [1.82, 2.24) is 4.90 Å². The highest BCUT2D eigenvalue weighted by atomic mass is 16.6. The molecule has 1 amide bonds. The maximum absolute atomic E-state index is 12.0. The molecule has 6 nitrogen and oxygen atoms in total. The van der Waals surface area contributed by atoms with Gasteiger partial charge in [0.1, 0.15) is 12.1 Å². The van der Waals surface area contributed by atoms with Gasteiger partial charge in [-0.25, -0.2) is 4.79 Å². The number of hydrogen-bond donors (Lipinski definition) is 1. The van der Waals surface area contributed by atoms with E-state index < -0.39 is 12.1 Å². The van der Waals surface area contributed by atoms with Crippen LogP contribution in [0.1, 0.15) is 39.0 Å². The Morgan fingerprint density at radius 2 is 2.18 bits per heavy atom. The highest BCUT2D eigenvalue weighted by Crippen LogP contribution is 2.41. The Morgan fingerprint density at radius 3 is 2.77 bits per heavy atom. The van der Waals surface area contributed by atoms with Crippen LogP contribution in [-0.4, -0.2) is 48.3 Å². The van der Waals surface area contributed by atoms with Gasteiger partial charge in [-0.05, 0) is 32.1 Å². The van der Waals surface area contributed by atoms with E-state index in [9.17, 15) is 9.59 Å². The second kappa shape index (κ2) is 7.01. The molecule has 0 spiro atoms. The fourth-order valence-corrected chi connectivity index (χ4v) is 3.53. The first-order valence-corrected chi connectivity index (χ1v) is 7.81. The van der Waals surface area contributed by atoms with Gasteiger partial charge >= 0.3 is 12.1 Å². The lowest BCUT2D eigenvalue weighted by atomic mass is 9.82. The van der Waals surface area contributed by atoms with E-state index in [1.54, 1.807) is 4.90 Å². The lowest BCUT2D eigenvalue weighted by Crippen LogP contribution is -2.47. The van der Waals surface area contributed by atoms with E-state index in [0.29, 0.717) is 12.8 Å². The molecule has 0 radical (unpaired) electrons. The van der Waals surface area contributed by atoms with Crippen LogP contribution in [0.15, 0.2) is 0 Å². The number of esters is 1. The Hall–Kier alpha value is -1.74. The Kier molecular flexibility index (Phi) is 5.30. The van der Waals surface area contributed by atoms with Gasteiger partial charge in [-0.3, -0.25) is 9.69 Å². The molecule has 122 valence electrons. The predicted octanol–water partition coefficient (Wildman–Crippen LogP) is 1.28. The summed E-state index contributed by atoms with van der Waals surface area (Å²) in [6.45, 7) is 1.85. The molecular weight excluding hydrogens is 284 g/mol. The van der Waals surface area contributed by atoms with Gasteiger partial charge in [-0.1, -0.05) is 12.8 Å². The van der Waals surface area contributed by atoms with Crippen molar-refractivity contribution in [1.29, 1.82) is 0 Å². The monoisotopic (exact) mass is 308 g/mol. The fourth-order valence-electron chi connectivity index (χ4n) is 3.53. The molecule has 2 fully saturated rings. The molecule has 0 aromatic rings. The maximum Gasteiger partial charge on any atom is 0.410 e. The van der Waals surface area contributed by atoms with Crippen LogP contribution in [0.5, 0.6) is 0 Å². The highest BCUT2D eigenvalue weighted by molar-refractivity contribution is 5.75. The van der Waals surface area contributed by atoms with Crippen LogP contribution in [0.2, 0.25) is 0 Å². The van der Waals surface area contributed by atoms with Crippen LogP contribution in [0.4, 0.5) is 4.79 Å². The topological polar surface area (TPSA) is 81.9 Å². The Bertz CT molecular complexity index is 473. The van der Waals surface area contributed by atoms with E-state index in [2.05, 4.69) is 5.92 Å². The molecule has 2 aliphatic rings. The zero-order valence-electron chi connectivity index (χ0n) is 13.2. The minimum absolute atomic E-state index is 0.0297. The zero-order chi connectivity index (χ0) is 16.3. The first-order chi connectivity index (χ1) is 10.5. The van der Waals surface area contributed by atoms with Gasteiger partial charge in [-0.15, -0.1) is 6.42 Å². The first kappa shape index (κ1) is 16.6. The summed E-state index contributed by atoms with van der Waals surface area (Å²) >= 11 is 0. The van der Waals surface area contributed by atoms with Crippen molar-refractivity contribution >= 4 is 12.1 Å². The van der Waals surface area contributed by atoms with Crippen LogP contribution in [0, 0.1) is 18.3 Å². The number of fused-ring (bicyclic) bond motifs is 1. The standard InChI is InChI=1S/C16H24N2O4/c1-4-10-9-11-13(18(10)16(20)21-3)7-6-8-14(11)22-15(19)12(17)5-2/h1,10-14H,5-9,17H2,2-3H3/t10?,11-,12?,13-,14+/m1/s1. The van der Waals surface area contributed by atoms with Crippen molar-refractivity contribution in [2.45, 2.75) is 63.3 Å². The minimum Gasteiger partial charge on any atom is -0.461 e. The van der Waals surface area contributed by atoms with Crippen molar-refractivity contribution < 1.29 is 19.1 Å². The molecule has 22 heavy (non-hydrogen) atoms. The summed E-state index contributed by atoms with van der Waals surface area (Å²) in [7, 11) is 1.35. The Balaban J connectivity index is 2.13. The van der Waals surface area contributed by atoms with Gasteiger partial charge in [0, 0.05) is 12.0 Å². The van der Waals surface area contributed by atoms with Crippen molar-refractivity contribution in [2.24, 2.45) is 11.7 Å². The van der Waals surface area contributed by atoms with Gasteiger partial charge in [0.05, 0.1) is 13.2 Å². The summed E-state index contributed by atoms with van der Waals surface area (Å²) in [6, 6.07) is -0.929. The number of rotatable bonds is 3. The van der Waals surface area contributed by atoms with E-state index in [0.717, 1.165) is 19.3 Å². The van der Waals surface area contributed by atoms with Crippen LogP contribution >= 0.6 is 0 Å². The quantitative estimate of drug-likeness (QED) is 0.627. The number of amides is 1. The third-order valence-electron chi connectivity index (χ3n) is 4.74. The van der Waals surface area contributed by atoms with Gasteiger partial charge in [0.15, 0.2) is 0 Å². The summed E-state index contributed by atoms with van der Waals surface area (Å²) in [5, 5.41) is 0. The van der Waals surface area contributed by atoms with Gasteiger partial charge in [0.25, 0.3) is 0 Å². The molecule has 6 heteroatoms. The van der Waals surface area contributed by atoms with E-state index in [-0.39, 0.29) is 30.1 Å². The summed E-state index contributed by atoms with van der Waals surface area (Å²) in [4.78, 5) is 25.6. The van der Waals surface area contributed by atoms with Crippen molar-refractivity contribution in [3.05, 3.63) is 0 Å². The zero-order valence-corrected chi connectivity index (χ0v) is 13.2. The number of nitrogens with zero attached hydrogens (tertiary/aromatic N) is 1. The number of carbonyl (C=O) groups excluding carboxylic acids is 2. The minimum atomic E-state index is -0.595. The lowest BCUT2D eigenvalue weighted by molar-refractivity contribution is -0.155. The first-order valence-electron chi connectivity index (χ1n) is 7.81. The van der Waals surface area contributed by atoms with Gasteiger partial charge in [-0.2, -0.15) is 0 Å². The molecule has 1 aliphatic carbocycles. The summed E-state index contributed by atoms with van der Waals surface area (Å²) in [5.41, 5.74) is 5.73.